The molecule has 4 aliphatic rings. The van der Waals surface area contributed by atoms with Crippen molar-refractivity contribution in [3.63, 3.8) is 0 Å². The highest BCUT2D eigenvalue weighted by Gasteiger charge is 2.36. The standard InChI is InChI=1S/C38H35FN4O8/c1-42-31-16-24(8-11-33(31)50-21-36(42)45)38(47)43-13-12-32-30(19-43)41-37(46)28-15-23(7-10-29(28)39)22-4-3-5-26(14-22)49-20-35(44)40-18-25-6-9-27(51-32)17-34(25)48-2/h3-11,14-17,30,32H,12-13,18-21H2,1-2H3,(H,40,44)(H,41,46)/t30-,32+/m1/s1. The van der Waals surface area contributed by atoms with Crippen molar-refractivity contribution >= 4 is 29.3 Å². The van der Waals surface area contributed by atoms with Gasteiger partial charge in [0.25, 0.3) is 23.6 Å². The maximum atomic E-state index is 15.3. The highest BCUT2D eigenvalue weighted by molar-refractivity contribution is 6.01. The Kier molecular flexibility index (Phi) is 9.18. The Labute approximate surface area is 293 Å². The second-order valence-electron chi connectivity index (χ2n) is 12.5. The van der Waals surface area contributed by atoms with Crippen molar-refractivity contribution in [2.45, 2.75) is 25.1 Å². The molecule has 4 aliphatic heterocycles. The number of piperidine rings is 1. The van der Waals surface area contributed by atoms with Crippen LogP contribution in [0.15, 0.2) is 78.9 Å². The van der Waals surface area contributed by atoms with Crippen LogP contribution in [0.5, 0.6) is 23.0 Å². The van der Waals surface area contributed by atoms with Crippen LogP contribution < -0.4 is 34.5 Å². The van der Waals surface area contributed by atoms with Gasteiger partial charge in [-0.3, -0.25) is 19.2 Å². The minimum Gasteiger partial charge on any atom is -0.496 e. The third-order valence-electron chi connectivity index (χ3n) is 9.22. The predicted octanol–water partition coefficient (Wildman–Crippen LogP) is 3.96. The number of halogens is 1. The van der Waals surface area contributed by atoms with Crippen molar-refractivity contribution in [1.29, 1.82) is 0 Å². The maximum absolute atomic E-state index is 15.3. The summed E-state index contributed by atoms with van der Waals surface area (Å²) < 4.78 is 38.6. The minimum atomic E-state index is -0.754. The van der Waals surface area contributed by atoms with Crippen molar-refractivity contribution in [2.75, 3.05) is 45.4 Å². The van der Waals surface area contributed by atoms with Crippen LogP contribution in [0.1, 0.15) is 32.7 Å². The van der Waals surface area contributed by atoms with Gasteiger partial charge in [-0.05, 0) is 65.7 Å². The number of likely N-dealkylation sites (N-methyl/N-ethyl adjacent to an activating group) is 1. The summed E-state index contributed by atoms with van der Waals surface area (Å²) in [5, 5.41) is 5.79. The molecule has 4 aromatic rings. The van der Waals surface area contributed by atoms with Gasteiger partial charge in [-0.2, -0.15) is 0 Å². The Morgan fingerprint density at radius 2 is 1.76 bits per heavy atom. The van der Waals surface area contributed by atoms with Crippen LogP contribution in [0.3, 0.4) is 0 Å². The molecule has 51 heavy (non-hydrogen) atoms. The first kappa shape index (κ1) is 33.4. The van der Waals surface area contributed by atoms with Gasteiger partial charge >= 0.3 is 0 Å². The van der Waals surface area contributed by atoms with Crippen molar-refractivity contribution in [3.05, 3.63) is 101 Å². The van der Waals surface area contributed by atoms with Gasteiger partial charge in [0.1, 0.15) is 34.9 Å². The molecule has 2 atom stereocenters. The summed E-state index contributed by atoms with van der Waals surface area (Å²) in [5.41, 5.74) is 2.55. The van der Waals surface area contributed by atoms with Gasteiger partial charge in [0.2, 0.25) is 0 Å². The fourth-order valence-corrected chi connectivity index (χ4v) is 6.39. The molecule has 0 saturated carbocycles. The van der Waals surface area contributed by atoms with Crippen LogP contribution in [-0.4, -0.2) is 81.1 Å². The number of amides is 4. The predicted molar refractivity (Wildman–Crippen MR) is 184 cm³/mol. The maximum Gasteiger partial charge on any atom is 0.264 e. The van der Waals surface area contributed by atoms with Crippen LogP contribution in [0.25, 0.3) is 11.1 Å². The molecule has 0 aromatic heterocycles. The first-order valence-corrected chi connectivity index (χ1v) is 16.4. The molecule has 13 heteroatoms. The molecule has 8 rings (SSSR count). The number of nitrogens with one attached hydrogen (secondary N) is 2. The lowest BCUT2D eigenvalue weighted by molar-refractivity contribution is -0.123. The number of rotatable bonds is 2. The van der Waals surface area contributed by atoms with Gasteiger partial charge in [0.15, 0.2) is 13.2 Å². The smallest absolute Gasteiger partial charge is 0.264 e. The Morgan fingerprint density at radius 3 is 2.61 bits per heavy atom. The Balaban J connectivity index is 1.22. The van der Waals surface area contributed by atoms with Crippen molar-refractivity contribution in [1.82, 2.24) is 15.5 Å². The van der Waals surface area contributed by atoms with Gasteiger partial charge in [0, 0.05) is 50.3 Å². The molecule has 0 radical (unpaired) electrons. The van der Waals surface area contributed by atoms with E-state index in [1.165, 1.54) is 24.1 Å². The summed E-state index contributed by atoms with van der Waals surface area (Å²) in [4.78, 5) is 55.7. The number of hydrogen-bond donors (Lipinski definition) is 2. The van der Waals surface area contributed by atoms with Crippen LogP contribution in [0.4, 0.5) is 10.1 Å². The summed E-state index contributed by atoms with van der Waals surface area (Å²) in [6.45, 7) is 0.217. The van der Waals surface area contributed by atoms with Gasteiger partial charge in [-0.1, -0.05) is 18.2 Å². The lowest BCUT2D eigenvalue weighted by atomic mass is 9.98. The average molecular weight is 695 g/mol. The number of nitrogens with zero attached hydrogens (tertiary/aromatic N) is 2. The van der Waals surface area contributed by atoms with E-state index in [1.807, 2.05) is 0 Å². The number of anilines is 1. The van der Waals surface area contributed by atoms with Crippen LogP contribution in [0.2, 0.25) is 0 Å². The normalized spacial score (nSPS) is 18.9. The topological polar surface area (TPSA) is 136 Å². The Bertz CT molecular complexity index is 2040. The first-order chi connectivity index (χ1) is 24.7. The summed E-state index contributed by atoms with van der Waals surface area (Å²) in [7, 11) is 3.13. The number of carbonyl (C=O) groups excluding carboxylic acids is 4. The third kappa shape index (κ3) is 7.00. The lowest BCUT2D eigenvalue weighted by Crippen LogP contribution is -2.58. The molecule has 2 N–H and O–H groups in total. The molecule has 12 nitrogen and oxygen atoms in total. The second-order valence-corrected chi connectivity index (χ2v) is 12.5. The van der Waals surface area contributed by atoms with Crippen LogP contribution >= 0.6 is 0 Å². The Morgan fingerprint density at radius 1 is 0.922 bits per heavy atom. The van der Waals surface area contributed by atoms with E-state index in [0.717, 1.165) is 0 Å². The molecule has 4 aromatic carbocycles. The second kappa shape index (κ2) is 14.0. The zero-order valence-corrected chi connectivity index (χ0v) is 27.9. The quantitative estimate of drug-likeness (QED) is 0.322. The molecule has 1 fully saturated rings. The Hall–Kier alpha value is -6.11. The fourth-order valence-electron chi connectivity index (χ4n) is 6.39. The van der Waals surface area contributed by atoms with Gasteiger partial charge < -0.3 is 39.4 Å². The van der Waals surface area contributed by atoms with Gasteiger partial charge in [-0.15, -0.1) is 0 Å². The van der Waals surface area contributed by atoms with E-state index in [9.17, 15) is 19.2 Å². The van der Waals surface area contributed by atoms with Crippen molar-refractivity contribution < 1.29 is 42.5 Å². The van der Waals surface area contributed by atoms with Crippen LogP contribution in [0, 0.1) is 5.82 Å². The number of hydrogen-bond acceptors (Lipinski definition) is 8. The number of fused-ring (bicyclic) bond motifs is 8. The molecule has 0 spiro atoms. The lowest BCUT2D eigenvalue weighted by Gasteiger charge is -2.39. The molecule has 0 unspecified atom stereocenters. The van der Waals surface area contributed by atoms with E-state index < -0.39 is 23.9 Å². The molecule has 0 aliphatic carbocycles. The highest BCUT2D eigenvalue weighted by atomic mass is 19.1. The number of carbonyl (C=O) groups is 4. The number of methoxy groups -OCH3 is 1. The van der Waals surface area contributed by atoms with Crippen LogP contribution in [-0.2, 0) is 16.1 Å². The van der Waals surface area contributed by atoms with Gasteiger partial charge in [-0.25, -0.2) is 4.39 Å². The highest BCUT2D eigenvalue weighted by Crippen LogP contribution is 2.33. The largest absolute Gasteiger partial charge is 0.496 e. The molecule has 4 amide bonds. The van der Waals surface area contributed by atoms with E-state index in [0.29, 0.717) is 63.9 Å². The zero-order chi connectivity index (χ0) is 35.6. The van der Waals surface area contributed by atoms with Crippen molar-refractivity contribution in [2.24, 2.45) is 0 Å². The fraction of sp³-hybridized carbons (Fsp3) is 0.263. The van der Waals surface area contributed by atoms with E-state index >= 15 is 4.39 Å². The van der Waals surface area contributed by atoms with E-state index in [2.05, 4.69) is 10.6 Å². The molecule has 4 heterocycles. The summed E-state index contributed by atoms with van der Waals surface area (Å²) in [6, 6.07) is 20.5. The third-order valence-corrected chi connectivity index (χ3v) is 9.22. The monoisotopic (exact) mass is 694 g/mol. The van der Waals surface area contributed by atoms with Crippen molar-refractivity contribution in [3.8, 4) is 34.1 Å². The van der Waals surface area contributed by atoms with E-state index in [-0.39, 0.29) is 49.6 Å². The van der Waals surface area contributed by atoms with Gasteiger partial charge in [0.05, 0.1) is 24.4 Å². The number of ether oxygens (including phenoxy) is 4. The molecular formula is C38H35FN4O8. The number of likely N-dealkylation sites (tertiary alicyclic amines) is 1. The average Bonchev–Trinajstić information content (AvgIpc) is 3.15. The summed E-state index contributed by atoms with van der Waals surface area (Å²) in [6.07, 6.45) is -0.280. The molecule has 6 bridgehead atoms. The number of benzene rings is 4. The summed E-state index contributed by atoms with van der Waals surface area (Å²) in [5.74, 6) is -0.457. The molecular weight excluding hydrogens is 659 g/mol. The van der Waals surface area contributed by atoms with E-state index in [4.69, 9.17) is 18.9 Å². The summed E-state index contributed by atoms with van der Waals surface area (Å²) >= 11 is 0. The SMILES string of the molecule is COc1cc2ccc1CNC(=O)COc1cccc(c1)-c1ccc(F)c(c1)C(=O)N[C@@H]1CN(C(=O)c3ccc4c(c3)N(C)C(=O)CO4)CC[C@@H]1O2. The zero-order valence-electron chi connectivity index (χ0n) is 27.9. The molecule has 262 valence electrons. The first-order valence-electron chi connectivity index (χ1n) is 16.4. The molecule has 1 saturated heterocycles. The minimum absolute atomic E-state index is 0.0551. The van der Waals surface area contributed by atoms with E-state index in [1.54, 1.807) is 78.7 Å².